The molecule has 11 aromatic rings. The summed E-state index contributed by atoms with van der Waals surface area (Å²) in [5.74, 6) is 0. The van der Waals surface area contributed by atoms with E-state index in [0.717, 1.165) is 17.1 Å². The minimum absolute atomic E-state index is 1.11. The van der Waals surface area contributed by atoms with Crippen LogP contribution in [0.25, 0.3) is 86.9 Å². The highest BCUT2D eigenvalue weighted by atomic mass is 15.1. The third-order valence-corrected chi connectivity index (χ3v) is 11.2. The largest absolute Gasteiger partial charge is 0.310 e. The fourth-order valence-corrected chi connectivity index (χ4v) is 8.76. The highest BCUT2D eigenvalue weighted by Gasteiger charge is 2.21. The van der Waals surface area contributed by atoms with Crippen LogP contribution >= 0.6 is 0 Å². The van der Waals surface area contributed by atoms with Crippen molar-refractivity contribution in [3.05, 3.63) is 200 Å². The smallest absolute Gasteiger partial charge is 0.0546 e. The lowest BCUT2D eigenvalue weighted by Crippen LogP contribution is -2.10. The Hall–Kier alpha value is -6.96. The van der Waals surface area contributed by atoms with E-state index >= 15 is 0 Å². The number of anilines is 3. The van der Waals surface area contributed by atoms with Gasteiger partial charge in [-0.15, -0.1) is 0 Å². The van der Waals surface area contributed by atoms with Gasteiger partial charge in [0.2, 0.25) is 0 Å². The molecule has 0 spiro atoms. The molecule has 0 saturated carbocycles. The molecule has 0 N–H and O–H groups in total. The summed E-state index contributed by atoms with van der Waals surface area (Å²) in [7, 11) is 0. The van der Waals surface area contributed by atoms with Crippen LogP contribution in [0.2, 0.25) is 0 Å². The fourth-order valence-electron chi connectivity index (χ4n) is 8.76. The van der Waals surface area contributed by atoms with E-state index in [-0.39, 0.29) is 0 Å². The first kappa shape index (κ1) is 29.7. The Bertz CT molecular complexity index is 3040. The summed E-state index contributed by atoms with van der Waals surface area (Å²) in [6, 6.07) is 73.6. The monoisotopic (exact) mass is 671 g/mol. The van der Waals surface area contributed by atoms with Crippen molar-refractivity contribution >= 4 is 81.7 Å². The maximum atomic E-state index is 2.45. The summed E-state index contributed by atoms with van der Waals surface area (Å²) >= 11 is 0. The van der Waals surface area contributed by atoms with Crippen LogP contribution in [0.15, 0.2) is 200 Å². The van der Waals surface area contributed by atoms with Gasteiger partial charge in [-0.05, 0) is 106 Å². The van der Waals surface area contributed by atoms with Crippen LogP contribution in [0.5, 0.6) is 0 Å². The van der Waals surface area contributed by atoms with Gasteiger partial charge < -0.3 is 4.90 Å². The van der Waals surface area contributed by atoms with Crippen LogP contribution in [-0.2, 0) is 0 Å². The summed E-state index contributed by atoms with van der Waals surface area (Å²) in [5.41, 5.74) is 8.22. The predicted molar refractivity (Wildman–Crippen MR) is 228 cm³/mol. The van der Waals surface area contributed by atoms with Gasteiger partial charge in [0.15, 0.2) is 0 Å². The maximum Gasteiger partial charge on any atom is 0.0546 e. The maximum absolute atomic E-state index is 2.45. The molecule has 11 rings (SSSR count). The van der Waals surface area contributed by atoms with Gasteiger partial charge in [-0.1, -0.05) is 170 Å². The van der Waals surface area contributed by atoms with Crippen molar-refractivity contribution in [2.45, 2.75) is 0 Å². The first-order chi connectivity index (χ1) is 26.3. The number of nitrogens with zero attached hydrogens (tertiary/aromatic N) is 1. The molecule has 0 heterocycles. The third-order valence-electron chi connectivity index (χ3n) is 11.2. The molecular formula is C52H33N. The molecule has 0 aliphatic rings. The van der Waals surface area contributed by atoms with Gasteiger partial charge in [0.05, 0.1) is 5.69 Å². The van der Waals surface area contributed by atoms with Crippen molar-refractivity contribution in [2.24, 2.45) is 0 Å². The molecule has 0 radical (unpaired) electrons. The molecule has 0 aliphatic carbocycles. The highest BCUT2D eigenvalue weighted by Crippen LogP contribution is 2.48. The lowest BCUT2D eigenvalue weighted by molar-refractivity contribution is 1.30. The molecule has 0 fully saturated rings. The molecule has 0 saturated heterocycles. The Kier molecular flexibility index (Phi) is 6.62. The molecule has 1 heteroatoms. The van der Waals surface area contributed by atoms with Crippen LogP contribution in [0, 0.1) is 0 Å². The van der Waals surface area contributed by atoms with E-state index in [4.69, 9.17) is 0 Å². The van der Waals surface area contributed by atoms with Crippen LogP contribution < -0.4 is 4.90 Å². The molecule has 0 aliphatic heterocycles. The van der Waals surface area contributed by atoms with Crippen molar-refractivity contribution in [2.75, 3.05) is 4.90 Å². The zero-order chi connectivity index (χ0) is 34.9. The molecule has 0 unspecified atom stereocenters. The first-order valence-electron chi connectivity index (χ1n) is 18.3. The van der Waals surface area contributed by atoms with Crippen molar-refractivity contribution in [1.29, 1.82) is 0 Å². The number of hydrogen-bond acceptors (Lipinski definition) is 1. The highest BCUT2D eigenvalue weighted by molar-refractivity contribution is 6.38. The average Bonchev–Trinajstić information content (AvgIpc) is 3.23. The zero-order valence-corrected chi connectivity index (χ0v) is 29.0. The molecule has 0 aromatic heterocycles. The van der Waals surface area contributed by atoms with Crippen molar-refractivity contribution < 1.29 is 0 Å². The normalized spacial score (nSPS) is 11.8. The molecule has 0 atom stereocenters. The van der Waals surface area contributed by atoms with E-state index in [1.807, 2.05) is 0 Å². The van der Waals surface area contributed by atoms with Crippen molar-refractivity contribution in [3.63, 3.8) is 0 Å². The summed E-state index contributed by atoms with van der Waals surface area (Å²) in [6.07, 6.45) is 0. The van der Waals surface area contributed by atoms with Gasteiger partial charge in [0.1, 0.15) is 0 Å². The lowest BCUT2D eigenvalue weighted by atomic mass is 9.87. The first-order valence-corrected chi connectivity index (χ1v) is 18.3. The van der Waals surface area contributed by atoms with E-state index in [1.165, 1.54) is 86.9 Å². The SMILES string of the molecule is c1ccc(-c2ccc(N(c3ccc(-c4ccccc4)cc3)c3cc4cccc5c6cccc7ccc8cccc(c9cccc3c9c45)c8c76)cc2)cc1. The van der Waals surface area contributed by atoms with E-state index in [2.05, 4.69) is 205 Å². The average molecular weight is 672 g/mol. The van der Waals surface area contributed by atoms with Crippen LogP contribution in [0.3, 0.4) is 0 Å². The van der Waals surface area contributed by atoms with Gasteiger partial charge >= 0.3 is 0 Å². The number of rotatable bonds is 5. The van der Waals surface area contributed by atoms with E-state index in [0.29, 0.717) is 0 Å². The number of hydrogen-bond donors (Lipinski definition) is 0. The summed E-state index contributed by atoms with van der Waals surface area (Å²) in [6.45, 7) is 0. The molecule has 53 heavy (non-hydrogen) atoms. The van der Waals surface area contributed by atoms with Crippen molar-refractivity contribution in [3.8, 4) is 22.3 Å². The second-order valence-corrected chi connectivity index (χ2v) is 14.1. The predicted octanol–water partition coefficient (Wildman–Crippen LogP) is 14.8. The fraction of sp³-hybridized carbons (Fsp3) is 0. The summed E-state index contributed by atoms with van der Waals surface area (Å²) < 4.78 is 0. The molecule has 0 bridgehead atoms. The van der Waals surface area contributed by atoms with Gasteiger partial charge in [0.25, 0.3) is 0 Å². The van der Waals surface area contributed by atoms with Gasteiger partial charge in [-0.25, -0.2) is 0 Å². The van der Waals surface area contributed by atoms with Gasteiger partial charge in [-0.3, -0.25) is 0 Å². The van der Waals surface area contributed by atoms with E-state index < -0.39 is 0 Å². The van der Waals surface area contributed by atoms with Crippen LogP contribution in [0.4, 0.5) is 17.1 Å². The zero-order valence-electron chi connectivity index (χ0n) is 29.0. The number of fused-ring (bicyclic) bond motifs is 2. The standard InChI is InChI=1S/C52H33N/c1-3-11-34(12-4-1)36-25-29-41(30-26-36)53(42-31-27-37(28-32-42)35-13-5-2-6-14-35)48-33-40-17-9-20-44-43-18-7-15-38-23-24-39-16-8-19-45(50(39)49(38)43)46-21-10-22-47(48)52(46)51(40)44/h1-33H. The Morgan fingerprint density at radius 1 is 0.245 bits per heavy atom. The van der Waals surface area contributed by atoms with Gasteiger partial charge in [-0.2, -0.15) is 0 Å². The molecule has 1 nitrogen and oxygen atoms in total. The van der Waals surface area contributed by atoms with Crippen LogP contribution in [-0.4, -0.2) is 0 Å². The lowest BCUT2D eigenvalue weighted by Gasteiger charge is -2.28. The van der Waals surface area contributed by atoms with Crippen molar-refractivity contribution in [1.82, 2.24) is 0 Å². The molecular weight excluding hydrogens is 639 g/mol. The second-order valence-electron chi connectivity index (χ2n) is 14.1. The summed E-state index contributed by atoms with van der Waals surface area (Å²) in [4.78, 5) is 2.45. The third kappa shape index (κ3) is 4.64. The van der Waals surface area contributed by atoms with Crippen LogP contribution in [0.1, 0.15) is 0 Å². The molecule has 0 amide bonds. The Labute approximate surface area is 307 Å². The quantitative estimate of drug-likeness (QED) is 0.165. The minimum atomic E-state index is 1.11. The second kappa shape index (κ2) is 11.8. The Morgan fingerprint density at radius 3 is 1.11 bits per heavy atom. The summed E-state index contributed by atoms with van der Waals surface area (Å²) in [5, 5.41) is 15.4. The molecule has 11 aromatic carbocycles. The Balaban J connectivity index is 1.24. The van der Waals surface area contributed by atoms with E-state index in [9.17, 15) is 0 Å². The molecule has 246 valence electrons. The Morgan fingerprint density at radius 2 is 0.623 bits per heavy atom. The topological polar surface area (TPSA) is 3.24 Å². The minimum Gasteiger partial charge on any atom is -0.310 e. The van der Waals surface area contributed by atoms with Gasteiger partial charge in [0, 0.05) is 22.1 Å². The number of benzene rings is 10. The van der Waals surface area contributed by atoms with E-state index in [1.54, 1.807) is 0 Å².